The monoisotopic (exact) mass is 428 g/mol. The number of rotatable bonds is 4. The molecule has 1 fully saturated rings. The number of amides is 1. The highest BCUT2D eigenvalue weighted by molar-refractivity contribution is 6.31. The van der Waals surface area contributed by atoms with Crippen molar-refractivity contribution < 1.29 is 9.21 Å². The van der Waals surface area contributed by atoms with E-state index in [0.29, 0.717) is 37.0 Å². The highest BCUT2D eigenvalue weighted by Crippen LogP contribution is 2.34. The van der Waals surface area contributed by atoms with E-state index in [1.165, 1.54) is 6.26 Å². The van der Waals surface area contributed by atoms with Gasteiger partial charge in [-0.3, -0.25) is 9.69 Å². The number of hydrogen-bond donors (Lipinski definition) is 0. The second-order valence-corrected chi connectivity index (χ2v) is 8.76. The molecule has 0 aliphatic carbocycles. The lowest BCUT2D eigenvalue weighted by atomic mass is 10.0. The number of furan rings is 1. The van der Waals surface area contributed by atoms with Crippen molar-refractivity contribution in [3.05, 3.63) is 64.8 Å². The molecule has 1 atom stereocenters. The molecular formula is C21H25ClN6O2. The Morgan fingerprint density at radius 1 is 1.10 bits per heavy atom. The Labute approximate surface area is 180 Å². The Hall–Kier alpha value is -2.71. The number of hydrogen-bond acceptors (Lipinski definition) is 6. The van der Waals surface area contributed by atoms with E-state index in [1.807, 2.05) is 33.8 Å². The molecule has 1 saturated heterocycles. The van der Waals surface area contributed by atoms with Gasteiger partial charge in [-0.2, -0.15) is 0 Å². The summed E-state index contributed by atoms with van der Waals surface area (Å²) in [6, 6.07) is 11.0. The summed E-state index contributed by atoms with van der Waals surface area (Å²) in [5.74, 6) is 1.01. The molecule has 30 heavy (non-hydrogen) atoms. The fourth-order valence-corrected chi connectivity index (χ4v) is 4.02. The Bertz CT molecular complexity index is 1000. The molecular weight excluding hydrogens is 404 g/mol. The van der Waals surface area contributed by atoms with E-state index in [1.54, 1.807) is 12.1 Å². The first kappa shape index (κ1) is 20.6. The van der Waals surface area contributed by atoms with Gasteiger partial charge in [0.1, 0.15) is 0 Å². The normalized spacial score (nSPS) is 16.6. The predicted molar refractivity (Wildman–Crippen MR) is 112 cm³/mol. The van der Waals surface area contributed by atoms with Crippen LogP contribution in [0, 0.1) is 0 Å². The smallest absolute Gasteiger partial charge is 0.289 e. The van der Waals surface area contributed by atoms with Crippen molar-refractivity contribution >= 4 is 17.5 Å². The molecule has 8 nitrogen and oxygen atoms in total. The highest BCUT2D eigenvalue weighted by atomic mass is 35.5. The van der Waals surface area contributed by atoms with Crippen LogP contribution in [-0.4, -0.2) is 62.1 Å². The van der Waals surface area contributed by atoms with Crippen molar-refractivity contribution in [1.82, 2.24) is 30.0 Å². The molecule has 0 N–H and O–H groups in total. The van der Waals surface area contributed by atoms with Gasteiger partial charge in [0.05, 0.1) is 17.8 Å². The van der Waals surface area contributed by atoms with Crippen molar-refractivity contribution in [3.8, 4) is 0 Å². The van der Waals surface area contributed by atoms with Gasteiger partial charge in [0.15, 0.2) is 11.6 Å². The number of halogens is 1. The maximum Gasteiger partial charge on any atom is 0.289 e. The van der Waals surface area contributed by atoms with E-state index in [2.05, 4.69) is 41.2 Å². The molecule has 0 radical (unpaired) electrons. The molecule has 0 unspecified atom stereocenters. The van der Waals surface area contributed by atoms with Crippen LogP contribution in [0.3, 0.4) is 0 Å². The summed E-state index contributed by atoms with van der Waals surface area (Å²) in [5, 5.41) is 13.2. The van der Waals surface area contributed by atoms with E-state index >= 15 is 0 Å². The number of piperazine rings is 1. The molecule has 158 valence electrons. The first-order chi connectivity index (χ1) is 14.4. The first-order valence-electron chi connectivity index (χ1n) is 9.96. The summed E-state index contributed by atoms with van der Waals surface area (Å²) in [7, 11) is 0. The lowest BCUT2D eigenvalue weighted by molar-refractivity contribution is 0.0556. The predicted octanol–water partition coefficient (Wildman–Crippen LogP) is 3.22. The number of aromatic nitrogens is 4. The van der Waals surface area contributed by atoms with Crippen molar-refractivity contribution in [2.45, 2.75) is 32.4 Å². The summed E-state index contributed by atoms with van der Waals surface area (Å²) < 4.78 is 7.12. The van der Waals surface area contributed by atoms with Crippen LogP contribution in [0.15, 0.2) is 47.1 Å². The number of carbonyl (C=O) groups is 1. The van der Waals surface area contributed by atoms with Crippen molar-refractivity contribution in [1.29, 1.82) is 0 Å². The van der Waals surface area contributed by atoms with E-state index in [4.69, 9.17) is 16.0 Å². The molecule has 3 aromatic rings. The number of benzene rings is 1. The minimum absolute atomic E-state index is 0.0894. The van der Waals surface area contributed by atoms with Crippen LogP contribution >= 0.6 is 11.6 Å². The maximum atomic E-state index is 12.6. The van der Waals surface area contributed by atoms with Gasteiger partial charge >= 0.3 is 0 Å². The van der Waals surface area contributed by atoms with Crippen molar-refractivity contribution in [3.63, 3.8) is 0 Å². The largest absolute Gasteiger partial charge is 0.459 e. The van der Waals surface area contributed by atoms with E-state index in [0.717, 1.165) is 11.4 Å². The molecule has 9 heteroatoms. The zero-order chi connectivity index (χ0) is 21.3. The quantitative estimate of drug-likeness (QED) is 0.634. The Kier molecular flexibility index (Phi) is 5.62. The zero-order valence-electron chi connectivity index (χ0n) is 17.3. The topological polar surface area (TPSA) is 80.3 Å². The average molecular weight is 429 g/mol. The van der Waals surface area contributed by atoms with E-state index < -0.39 is 0 Å². The summed E-state index contributed by atoms with van der Waals surface area (Å²) in [5.41, 5.74) is 0.667. The molecule has 0 saturated carbocycles. The van der Waals surface area contributed by atoms with Crippen LogP contribution in [0.4, 0.5) is 0 Å². The summed E-state index contributed by atoms with van der Waals surface area (Å²) >= 11 is 6.59. The van der Waals surface area contributed by atoms with Crippen LogP contribution in [0.2, 0.25) is 5.02 Å². The molecule has 4 rings (SSSR count). The molecule has 3 heterocycles. The van der Waals surface area contributed by atoms with Gasteiger partial charge in [-0.1, -0.05) is 29.8 Å². The minimum Gasteiger partial charge on any atom is -0.459 e. The van der Waals surface area contributed by atoms with Crippen molar-refractivity contribution in [2.75, 3.05) is 26.2 Å². The SMILES string of the molecule is CC(C)(C)n1nnnc1[C@H](c1ccccc1Cl)N1CCN(C(=O)c2ccco2)CC1. The number of nitrogens with zero attached hydrogens (tertiary/aromatic N) is 6. The Morgan fingerprint density at radius 3 is 2.47 bits per heavy atom. The fraction of sp³-hybridized carbons (Fsp3) is 0.429. The third-order valence-electron chi connectivity index (χ3n) is 5.27. The standard InChI is InChI=1S/C21H25ClN6O2/c1-21(2,3)28-19(23-24-25-28)18(15-7-4-5-8-16(15)22)26-10-12-27(13-11-26)20(29)17-9-6-14-30-17/h4-9,14,18H,10-13H2,1-3H3/t18-/m0/s1. The fourth-order valence-electron chi connectivity index (χ4n) is 3.78. The lowest BCUT2D eigenvalue weighted by Gasteiger charge is -2.39. The lowest BCUT2D eigenvalue weighted by Crippen LogP contribution is -2.50. The zero-order valence-corrected chi connectivity index (χ0v) is 18.1. The van der Waals surface area contributed by atoms with Gasteiger partial charge in [0.2, 0.25) is 0 Å². The van der Waals surface area contributed by atoms with Crippen LogP contribution in [-0.2, 0) is 5.54 Å². The van der Waals surface area contributed by atoms with Crippen LogP contribution in [0.5, 0.6) is 0 Å². The number of tetrazole rings is 1. The molecule has 0 spiro atoms. The van der Waals surface area contributed by atoms with E-state index in [-0.39, 0.29) is 17.5 Å². The molecule has 2 aromatic heterocycles. The van der Waals surface area contributed by atoms with E-state index in [9.17, 15) is 4.79 Å². The van der Waals surface area contributed by atoms with Crippen LogP contribution < -0.4 is 0 Å². The second-order valence-electron chi connectivity index (χ2n) is 8.35. The Morgan fingerprint density at radius 2 is 1.83 bits per heavy atom. The van der Waals surface area contributed by atoms with Crippen LogP contribution in [0.1, 0.15) is 48.8 Å². The average Bonchev–Trinajstić information content (AvgIpc) is 3.42. The molecule has 1 amide bonds. The molecule has 1 aromatic carbocycles. The van der Waals surface area contributed by atoms with Gasteiger partial charge in [0, 0.05) is 31.2 Å². The third-order valence-corrected chi connectivity index (χ3v) is 5.62. The summed E-state index contributed by atoms with van der Waals surface area (Å²) in [6.45, 7) is 8.69. The van der Waals surface area contributed by atoms with Gasteiger partial charge in [0.25, 0.3) is 5.91 Å². The number of carbonyl (C=O) groups excluding carboxylic acids is 1. The van der Waals surface area contributed by atoms with Gasteiger partial charge < -0.3 is 9.32 Å². The van der Waals surface area contributed by atoms with Gasteiger partial charge in [-0.15, -0.1) is 5.10 Å². The summed E-state index contributed by atoms with van der Waals surface area (Å²) in [4.78, 5) is 16.7. The minimum atomic E-state index is -0.282. The molecule has 1 aliphatic rings. The highest BCUT2D eigenvalue weighted by Gasteiger charge is 2.35. The van der Waals surface area contributed by atoms with Gasteiger partial charge in [-0.25, -0.2) is 4.68 Å². The van der Waals surface area contributed by atoms with Crippen molar-refractivity contribution in [2.24, 2.45) is 0 Å². The second kappa shape index (κ2) is 8.20. The Balaban J connectivity index is 1.63. The third kappa shape index (κ3) is 3.97. The molecule has 1 aliphatic heterocycles. The first-order valence-corrected chi connectivity index (χ1v) is 10.3. The van der Waals surface area contributed by atoms with Crippen LogP contribution in [0.25, 0.3) is 0 Å². The maximum absolute atomic E-state index is 12.6. The molecule has 0 bridgehead atoms. The summed E-state index contributed by atoms with van der Waals surface area (Å²) in [6.07, 6.45) is 1.52. The van der Waals surface area contributed by atoms with Gasteiger partial charge in [-0.05, 0) is 55.0 Å².